The van der Waals surface area contributed by atoms with E-state index in [2.05, 4.69) is 18.1 Å². The third-order valence-corrected chi connectivity index (χ3v) is 2.23. The number of nitrogens with zero attached hydrogens (tertiary/aromatic N) is 2. The van der Waals surface area contributed by atoms with Crippen molar-refractivity contribution in [3.8, 4) is 0 Å². The summed E-state index contributed by atoms with van der Waals surface area (Å²) in [5.41, 5.74) is -0.186. The Bertz CT molecular complexity index is 473. The smallest absolute Gasteiger partial charge is 0.338 e. The minimum Gasteiger partial charge on any atom is -0.478 e. The quantitative estimate of drug-likeness (QED) is 0.774. The zero-order valence-electron chi connectivity index (χ0n) is 9.87. The third kappa shape index (κ3) is 3.04. The molecule has 0 unspecified atom stereocenters. The topological polar surface area (TPSA) is 70.5 Å². The fourth-order valence-electron chi connectivity index (χ4n) is 1.45. The molecule has 1 rings (SSSR count). The second-order valence-corrected chi connectivity index (χ2v) is 3.49. The zero-order valence-corrected chi connectivity index (χ0v) is 9.87. The first-order chi connectivity index (χ1) is 8.61. The van der Waals surface area contributed by atoms with Gasteiger partial charge in [0.1, 0.15) is 5.69 Å². The normalized spacial score (nSPS) is 9.56. The summed E-state index contributed by atoms with van der Waals surface area (Å²) in [6.07, 6.45) is 4.51. The second-order valence-electron chi connectivity index (χ2n) is 3.49. The number of carboxylic acids is 1. The average Bonchev–Trinajstić information content (AvgIpc) is 2.37. The molecule has 0 aliphatic heterocycles. The molecule has 1 N–H and O–H groups in total. The van der Waals surface area contributed by atoms with Crippen LogP contribution in [0.1, 0.15) is 20.8 Å². The Morgan fingerprint density at radius 2 is 1.94 bits per heavy atom. The van der Waals surface area contributed by atoms with Crippen LogP contribution in [0.5, 0.6) is 0 Å². The maximum absolute atomic E-state index is 12.2. The standard InChI is InChI=1S/C13H14N2O3/c1-3-8-15(9-4-2)12(16)11-10(13(17)18)6-5-7-14-11/h3-7H,1-2,8-9H2,(H,17,18). The van der Waals surface area contributed by atoms with Crippen LogP contribution in [0.4, 0.5) is 0 Å². The molecule has 1 aromatic rings. The third-order valence-electron chi connectivity index (χ3n) is 2.23. The van der Waals surface area contributed by atoms with Crippen LogP contribution >= 0.6 is 0 Å². The van der Waals surface area contributed by atoms with Gasteiger partial charge in [0.2, 0.25) is 0 Å². The van der Waals surface area contributed by atoms with Crippen LogP contribution in [0.3, 0.4) is 0 Å². The number of amides is 1. The first-order valence-electron chi connectivity index (χ1n) is 5.31. The van der Waals surface area contributed by atoms with Crippen LogP contribution in [0.2, 0.25) is 0 Å². The van der Waals surface area contributed by atoms with Gasteiger partial charge in [-0.2, -0.15) is 0 Å². The van der Waals surface area contributed by atoms with Crippen molar-refractivity contribution in [2.75, 3.05) is 13.1 Å². The summed E-state index contributed by atoms with van der Waals surface area (Å²) in [5.74, 6) is -1.63. The number of carbonyl (C=O) groups excluding carboxylic acids is 1. The van der Waals surface area contributed by atoms with Crippen LogP contribution in [0, 0.1) is 0 Å². The number of hydrogen-bond acceptors (Lipinski definition) is 3. The number of rotatable bonds is 6. The summed E-state index contributed by atoms with van der Waals surface area (Å²) in [4.78, 5) is 28.4. The van der Waals surface area contributed by atoms with Crippen molar-refractivity contribution in [1.29, 1.82) is 0 Å². The van der Waals surface area contributed by atoms with Crippen molar-refractivity contribution >= 4 is 11.9 Å². The molecule has 0 saturated carbocycles. The number of carboxylic acid groups (broad SMARTS) is 1. The molecule has 5 nitrogen and oxygen atoms in total. The van der Waals surface area contributed by atoms with Gasteiger partial charge < -0.3 is 10.0 Å². The Balaban J connectivity index is 3.11. The highest BCUT2D eigenvalue weighted by Gasteiger charge is 2.21. The van der Waals surface area contributed by atoms with Gasteiger partial charge in [0.05, 0.1) is 5.56 Å². The van der Waals surface area contributed by atoms with E-state index in [1.165, 1.54) is 23.2 Å². The highest BCUT2D eigenvalue weighted by Crippen LogP contribution is 2.09. The summed E-state index contributed by atoms with van der Waals surface area (Å²) in [7, 11) is 0. The van der Waals surface area contributed by atoms with E-state index >= 15 is 0 Å². The molecule has 94 valence electrons. The predicted molar refractivity (Wildman–Crippen MR) is 67.5 cm³/mol. The average molecular weight is 246 g/mol. The van der Waals surface area contributed by atoms with Gasteiger partial charge in [0.25, 0.3) is 5.91 Å². The highest BCUT2D eigenvalue weighted by molar-refractivity contribution is 6.03. The van der Waals surface area contributed by atoms with E-state index in [0.29, 0.717) is 13.1 Å². The van der Waals surface area contributed by atoms with Crippen LogP contribution < -0.4 is 0 Å². The fourth-order valence-corrected chi connectivity index (χ4v) is 1.45. The molecule has 0 aromatic carbocycles. The lowest BCUT2D eigenvalue weighted by molar-refractivity contribution is 0.0679. The number of aromatic nitrogens is 1. The SMILES string of the molecule is C=CCN(CC=C)C(=O)c1ncccc1C(=O)O. The van der Waals surface area contributed by atoms with E-state index in [9.17, 15) is 9.59 Å². The number of pyridine rings is 1. The lowest BCUT2D eigenvalue weighted by Gasteiger charge is -2.19. The van der Waals surface area contributed by atoms with Crippen molar-refractivity contribution in [2.24, 2.45) is 0 Å². The molecular weight excluding hydrogens is 232 g/mol. The molecule has 18 heavy (non-hydrogen) atoms. The van der Waals surface area contributed by atoms with Gasteiger partial charge in [-0.05, 0) is 12.1 Å². The molecule has 0 fully saturated rings. The van der Waals surface area contributed by atoms with E-state index in [1.54, 1.807) is 12.2 Å². The number of hydrogen-bond donors (Lipinski definition) is 1. The fraction of sp³-hybridized carbons (Fsp3) is 0.154. The van der Waals surface area contributed by atoms with E-state index < -0.39 is 11.9 Å². The molecule has 1 aromatic heterocycles. The molecular formula is C13H14N2O3. The van der Waals surface area contributed by atoms with E-state index in [-0.39, 0.29) is 11.3 Å². The Morgan fingerprint density at radius 3 is 2.44 bits per heavy atom. The zero-order chi connectivity index (χ0) is 13.5. The molecule has 0 aliphatic rings. The molecule has 1 amide bonds. The maximum Gasteiger partial charge on any atom is 0.338 e. The van der Waals surface area contributed by atoms with E-state index in [4.69, 9.17) is 5.11 Å². The van der Waals surface area contributed by atoms with Gasteiger partial charge in [-0.15, -0.1) is 13.2 Å². The minimum absolute atomic E-state index is 0.0753. The molecule has 0 spiro atoms. The van der Waals surface area contributed by atoms with Crippen molar-refractivity contribution in [3.63, 3.8) is 0 Å². The first kappa shape index (κ1) is 13.6. The van der Waals surface area contributed by atoms with Crippen molar-refractivity contribution in [1.82, 2.24) is 9.88 Å². The van der Waals surface area contributed by atoms with Crippen LogP contribution in [-0.2, 0) is 0 Å². The molecule has 5 heteroatoms. The predicted octanol–water partition coefficient (Wildman–Crippen LogP) is 1.59. The molecule has 0 bridgehead atoms. The second kappa shape index (κ2) is 6.34. The van der Waals surface area contributed by atoms with Gasteiger partial charge >= 0.3 is 5.97 Å². The molecule has 0 radical (unpaired) electrons. The van der Waals surface area contributed by atoms with E-state index in [1.807, 2.05) is 0 Å². The van der Waals surface area contributed by atoms with Gasteiger partial charge in [0.15, 0.2) is 0 Å². The number of aromatic carboxylic acids is 1. The molecule has 1 heterocycles. The minimum atomic E-state index is -1.18. The van der Waals surface area contributed by atoms with Gasteiger partial charge in [-0.3, -0.25) is 9.78 Å². The van der Waals surface area contributed by atoms with Crippen molar-refractivity contribution in [2.45, 2.75) is 0 Å². The summed E-state index contributed by atoms with van der Waals surface area (Å²) in [6.45, 7) is 7.71. The van der Waals surface area contributed by atoms with E-state index in [0.717, 1.165) is 0 Å². The van der Waals surface area contributed by atoms with Gasteiger partial charge in [-0.1, -0.05) is 12.2 Å². The van der Waals surface area contributed by atoms with Crippen LogP contribution in [0.25, 0.3) is 0 Å². The Hall–Kier alpha value is -2.43. The lowest BCUT2D eigenvalue weighted by atomic mass is 10.1. The Morgan fingerprint density at radius 1 is 1.33 bits per heavy atom. The largest absolute Gasteiger partial charge is 0.478 e. The van der Waals surface area contributed by atoms with Gasteiger partial charge in [-0.25, -0.2) is 4.79 Å². The summed E-state index contributed by atoms with van der Waals surface area (Å²) < 4.78 is 0. The van der Waals surface area contributed by atoms with Crippen LogP contribution in [0.15, 0.2) is 43.6 Å². The number of carbonyl (C=O) groups is 2. The van der Waals surface area contributed by atoms with Crippen molar-refractivity contribution < 1.29 is 14.7 Å². The summed E-state index contributed by atoms with van der Waals surface area (Å²) >= 11 is 0. The molecule has 0 atom stereocenters. The molecule has 0 saturated heterocycles. The van der Waals surface area contributed by atoms with Crippen molar-refractivity contribution in [3.05, 3.63) is 54.9 Å². The maximum atomic E-state index is 12.2. The highest BCUT2D eigenvalue weighted by atomic mass is 16.4. The monoisotopic (exact) mass is 246 g/mol. The summed E-state index contributed by atoms with van der Waals surface area (Å²) in [6, 6.07) is 2.83. The summed E-state index contributed by atoms with van der Waals surface area (Å²) in [5, 5.41) is 9.01. The Labute approximate surface area is 105 Å². The lowest BCUT2D eigenvalue weighted by Crippen LogP contribution is -2.33. The first-order valence-corrected chi connectivity index (χ1v) is 5.31. The Kier molecular flexibility index (Phi) is 4.80. The molecule has 0 aliphatic carbocycles. The van der Waals surface area contributed by atoms with Gasteiger partial charge in [0, 0.05) is 19.3 Å². The van der Waals surface area contributed by atoms with Crippen LogP contribution in [-0.4, -0.2) is 40.0 Å².